The molecule has 0 saturated carbocycles. The molecule has 42 heavy (non-hydrogen) atoms. The highest BCUT2D eigenvalue weighted by Gasteiger charge is 2.52. The molecule has 0 unspecified atom stereocenters. The lowest BCUT2D eigenvalue weighted by Crippen LogP contribution is -2.66. The van der Waals surface area contributed by atoms with Crippen LogP contribution >= 0.6 is 34.8 Å². The number of carbonyl (C=O) groups excluding carboxylic acids is 5. The third-order valence-corrected chi connectivity index (χ3v) is 6.27. The molecule has 2 aliphatic rings. The van der Waals surface area contributed by atoms with Gasteiger partial charge >= 0.3 is 29.8 Å². The fourth-order valence-electron chi connectivity index (χ4n) is 3.80. The number of hydrogen-bond donors (Lipinski definition) is 2. The highest BCUT2D eigenvalue weighted by atomic mass is 127. The van der Waals surface area contributed by atoms with Crippen LogP contribution in [0.1, 0.15) is 27.7 Å². The zero-order valence-electron chi connectivity index (χ0n) is 22.6. The van der Waals surface area contributed by atoms with Gasteiger partial charge in [0.15, 0.2) is 30.2 Å². The highest BCUT2D eigenvalue weighted by Crippen LogP contribution is 2.29. The van der Waals surface area contributed by atoms with Gasteiger partial charge in [-0.2, -0.15) is 5.11 Å². The number of ether oxygens (including phenoxy) is 5. The standard InChI is InChI=1S/C24H26IN5O11S/c1-11(31)36-10-18-19(37-12(2)32)20(38-13(3)33)21(39-14(4)34)22(40-18)27-24(42)28-26-9-17-23(35)41-29-30(17)16-7-5-15(25)6-8-16/h5-9,18-22,29H,10H2,1-4H3,(H,27,42)/b17-9+,28-26?/t18-,19-,20+,21-,22-/m1/s1. The second-order valence-corrected chi connectivity index (χ2v) is 10.2. The van der Waals surface area contributed by atoms with Gasteiger partial charge in [-0.05, 0) is 59.1 Å². The molecule has 18 heteroatoms. The van der Waals surface area contributed by atoms with Crippen LogP contribution in [-0.2, 0) is 52.5 Å². The Balaban J connectivity index is 1.85. The van der Waals surface area contributed by atoms with Gasteiger partial charge in [0.05, 0.1) is 11.9 Å². The Labute approximate surface area is 258 Å². The van der Waals surface area contributed by atoms with Crippen LogP contribution in [0.15, 0.2) is 46.4 Å². The molecule has 2 aliphatic heterocycles. The first-order valence-corrected chi connectivity index (χ1v) is 13.6. The van der Waals surface area contributed by atoms with Crippen LogP contribution in [0.2, 0.25) is 0 Å². The van der Waals surface area contributed by atoms with Gasteiger partial charge in [0.2, 0.25) is 5.11 Å². The van der Waals surface area contributed by atoms with Crippen LogP contribution in [0, 0.1) is 3.57 Å². The summed E-state index contributed by atoms with van der Waals surface area (Å²) in [6.07, 6.45) is -5.56. The van der Waals surface area contributed by atoms with Gasteiger partial charge in [-0.25, -0.2) is 9.80 Å². The fourth-order valence-corrected chi connectivity index (χ4v) is 4.33. The maximum absolute atomic E-state index is 12.2. The van der Waals surface area contributed by atoms with Crippen molar-refractivity contribution in [1.82, 2.24) is 10.9 Å². The molecule has 0 amide bonds. The minimum absolute atomic E-state index is 0.00458. The molecule has 2 saturated heterocycles. The second-order valence-electron chi connectivity index (χ2n) is 8.59. The Hall–Kier alpha value is -3.75. The molecule has 0 aliphatic carbocycles. The second kappa shape index (κ2) is 14.9. The Kier molecular flexibility index (Phi) is 11.6. The van der Waals surface area contributed by atoms with Crippen molar-refractivity contribution in [2.24, 2.45) is 10.2 Å². The third kappa shape index (κ3) is 9.13. The van der Waals surface area contributed by atoms with Gasteiger partial charge < -0.3 is 33.8 Å². The van der Waals surface area contributed by atoms with Gasteiger partial charge in [-0.15, -0.1) is 5.11 Å². The number of anilines is 1. The average molecular weight is 719 g/mol. The number of azo groups is 1. The van der Waals surface area contributed by atoms with Crippen molar-refractivity contribution in [1.29, 1.82) is 0 Å². The summed E-state index contributed by atoms with van der Waals surface area (Å²) < 4.78 is 27.9. The monoisotopic (exact) mass is 719 g/mol. The molecule has 0 spiro atoms. The molecule has 16 nitrogen and oxygen atoms in total. The molecule has 2 heterocycles. The van der Waals surface area contributed by atoms with E-state index in [1.807, 2.05) is 12.1 Å². The molecule has 226 valence electrons. The van der Waals surface area contributed by atoms with E-state index in [0.717, 1.165) is 37.5 Å². The average Bonchev–Trinajstić information content (AvgIpc) is 3.26. The SMILES string of the molecule is CC(=O)OC[C@H]1O[C@@H](NC(=S)N=N/C=C2\C(=O)ONN2c2ccc(I)cc2)[C@H](OC(C)=O)[C@@H](OC(C)=O)[C@@H]1OC(C)=O. The van der Waals surface area contributed by atoms with Gasteiger partial charge in [0.25, 0.3) is 0 Å². The number of nitrogens with one attached hydrogen (secondary N) is 2. The van der Waals surface area contributed by atoms with Gasteiger partial charge in [-0.3, -0.25) is 19.2 Å². The minimum atomic E-state index is -1.40. The summed E-state index contributed by atoms with van der Waals surface area (Å²) in [6, 6.07) is 7.15. The Bertz CT molecular complexity index is 1290. The first kappa shape index (κ1) is 32.8. The molecular weight excluding hydrogens is 693 g/mol. The molecule has 5 atom stereocenters. The number of halogens is 1. The normalized spacial score (nSPS) is 24.6. The van der Waals surface area contributed by atoms with Crippen molar-refractivity contribution >= 4 is 75.5 Å². The lowest BCUT2D eigenvalue weighted by molar-refractivity contribution is -0.254. The number of thiocarbonyl (C=S) groups is 1. The van der Waals surface area contributed by atoms with E-state index >= 15 is 0 Å². The Morgan fingerprint density at radius 1 is 1.00 bits per heavy atom. The van der Waals surface area contributed by atoms with Crippen LogP contribution in [0.5, 0.6) is 0 Å². The number of esters is 4. The maximum atomic E-state index is 12.2. The summed E-state index contributed by atoms with van der Waals surface area (Å²) in [5, 5.41) is 11.4. The van der Waals surface area contributed by atoms with E-state index in [1.165, 1.54) is 5.01 Å². The molecule has 0 aromatic heterocycles. The number of carbonyl (C=O) groups is 5. The van der Waals surface area contributed by atoms with Crippen molar-refractivity contribution in [2.45, 2.75) is 58.3 Å². The molecule has 1 aromatic rings. The smallest absolute Gasteiger partial charge is 0.378 e. The lowest BCUT2D eigenvalue weighted by atomic mass is 9.97. The van der Waals surface area contributed by atoms with Crippen LogP contribution in [0.4, 0.5) is 5.69 Å². The van der Waals surface area contributed by atoms with Gasteiger partial charge in [0, 0.05) is 31.3 Å². The van der Waals surface area contributed by atoms with Crippen LogP contribution in [0.25, 0.3) is 0 Å². The number of nitrogens with zero attached hydrogens (tertiary/aromatic N) is 3. The highest BCUT2D eigenvalue weighted by molar-refractivity contribution is 14.1. The topological polar surface area (TPSA) is 193 Å². The minimum Gasteiger partial charge on any atom is -0.463 e. The number of hydrazine groups is 1. The number of rotatable bonds is 8. The van der Waals surface area contributed by atoms with Gasteiger partial charge in [-0.1, -0.05) is 5.59 Å². The summed E-state index contributed by atoms with van der Waals surface area (Å²) in [4.78, 5) is 64.3. The van der Waals surface area contributed by atoms with E-state index in [2.05, 4.69) is 43.7 Å². The molecule has 2 fully saturated rings. The van der Waals surface area contributed by atoms with Gasteiger partial charge in [0.1, 0.15) is 12.7 Å². The van der Waals surface area contributed by atoms with Crippen molar-refractivity contribution in [3.63, 3.8) is 0 Å². The van der Waals surface area contributed by atoms with E-state index in [-0.39, 0.29) is 10.8 Å². The molecule has 2 N–H and O–H groups in total. The summed E-state index contributed by atoms with van der Waals surface area (Å²) in [5.74, 6) is -3.73. The van der Waals surface area contributed by atoms with E-state index in [0.29, 0.717) is 5.69 Å². The van der Waals surface area contributed by atoms with Crippen LogP contribution in [0.3, 0.4) is 0 Å². The summed E-state index contributed by atoms with van der Waals surface area (Å²) in [5.41, 5.74) is 3.04. The fraction of sp³-hybridized carbons (Fsp3) is 0.417. The quantitative estimate of drug-likeness (QED) is 0.0976. The molecule has 0 radical (unpaired) electrons. The summed E-state index contributed by atoms with van der Waals surface area (Å²) >= 11 is 7.37. The molecular formula is C24H26IN5O11S. The van der Waals surface area contributed by atoms with E-state index in [9.17, 15) is 24.0 Å². The zero-order valence-corrected chi connectivity index (χ0v) is 25.6. The number of benzene rings is 1. The first-order valence-electron chi connectivity index (χ1n) is 12.1. The van der Waals surface area contributed by atoms with Crippen LogP contribution < -0.4 is 15.9 Å². The van der Waals surface area contributed by atoms with E-state index < -0.39 is 67.1 Å². The molecule has 3 rings (SSSR count). The third-order valence-electron chi connectivity index (χ3n) is 5.35. The van der Waals surface area contributed by atoms with E-state index in [4.69, 9.17) is 40.7 Å². The molecule has 1 aromatic carbocycles. The summed E-state index contributed by atoms with van der Waals surface area (Å²) in [6.45, 7) is 4.05. The Morgan fingerprint density at radius 3 is 2.19 bits per heavy atom. The summed E-state index contributed by atoms with van der Waals surface area (Å²) in [7, 11) is 0. The van der Waals surface area contributed by atoms with Crippen molar-refractivity contribution in [2.75, 3.05) is 11.6 Å². The predicted molar refractivity (Wildman–Crippen MR) is 151 cm³/mol. The molecule has 0 bridgehead atoms. The van der Waals surface area contributed by atoms with Crippen LogP contribution in [-0.4, -0.2) is 72.2 Å². The Morgan fingerprint density at radius 2 is 1.60 bits per heavy atom. The zero-order chi connectivity index (χ0) is 31.0. The number of hydrogen-bond acceptors (Lipinski definition) is 15. The maximum Gasteiger partial charge on any atom is 0.378 e. The predicted octanol–water partition coefficient (Wildman–Crippen LogP) is 1.33. The first-order chi connectivity index (χ1) is 19.8. The lowest BCUT2D eigenvalue weighted by Gasteiger charge is -2.44. The van der Waals surface area contributed by atoms with Crippen molar-refractivity contribution in [3.8, 4) is 0 Å². The van der Waals surface area contributed by atoms with Crippen molar-refractivity contribution < 1.29 is 52.5 Å². The largest absolute Gasteiger partial charge is 0.463 e. The van der Waals surface area contributed by atoms with E-state index in [1.54, 1.807) is 12.1 Å². The van der Waals surface area contributed by atoms with Crippen molar-refractivity contribution in [3.05, 3.63) is 39.7 Å².